The van der Waals surface area contributed by atoms with Gasteiger partial charge >= 0.3 is 0 Å². The molecule has 0 saturated carbocycles. The Labute approximate surface area is 159 Å². The monoisotopic (exact) mass is 359 g/mol. The van der Waals surface area contributed by atoms with Crippen molar-refractivity contribution in [3.63, 3.8) is 0 Å². The molecule has 4 nitrogen and oxygen atoms in total. The third kappa shape index (κ3) is 6.73. The molecule has 1 heterocycles. The van der Waals surface area contributed by atoms with E-state index in [1.54, 1.807) is 0 Å². The van der Waals surface area contributed by atoms with E-state index in [4.69, 9.17) is 0 Å². The number of hydrogen-bond donors (Lipinski definition) is 1. The van der Waals surface area contributed by atoms with E-state index >= 15 is 0 Å². The number of benzene rings is 1. The molecule has 1 amide bonds. The predicted octanol–water partition coefficient (Wildman–Crippen LogP) is 3.77. The summed E-state index contributed by atoms with van der Waals surface area (Å²) < 4.78 is 0. The van der Waals surface area contributed by atoms with Gasteiger partial charge in [0, 0.05) is 24.7 Å². The van der Waals surface area contributed by atoms with E-state index in [2.05, 4.69) is 54.9 Å². The summed E-state index contributed by atoms with van der Waals surface area (Å²) in [6, 6.07) is 8.59. The van der Waals surface area contributed by atoms with E-state index in [0.717, 1.165) is 44.1 Å². The van der Waals surface area contributed by atoms with E-state index in [-0.39, 0.29) is 5.91 Å². The minimum absolute atomic E-state index is 0.0417. The highest BCUT2D eigenvalue weighted by atomic mass is 16.1. The van der Waals surface area contributed by atoms with E-state index in [1.807, 2.05) is 12.1 Å². The van der Waals surface area contributed by atoms with Gasteiger partial charge in [-0.15, -0.1) is 0 Å². The Morgan fingerprint density at radius 1 is 1.23 bits per heavy atom. The Balaban J connectivity index is 1.70. The van der Waals surface area contributed by atoms with Crippen LogP contribution in [0.2, 0.25) is 0 Å². The van der Waals surface area contributed by atoms with Gasteiger partial charge in [0.2, 0.25) is 0 Å². The molecule has 0 bridgehead atoms. The summed E-state index contributed by atoms with van der Waals surface area (Å²) in [5.74, 6) is 0.916. The fourth-order valence-corrected chi connectivity index (χ4v) is 3.55. The van der Waals surface area contributed by atoms with Crippen LogP contribution in [0.3, 0.4) is 0 Å². The van der Waals surface area contributed by atoms with Crippen molar-refractivity contribution >= 4 is 5.91 Å². The highest BCUT2D eigenvalue weighted by Crippen LogP contribution is 2.15. The highest BCUT2D eigenvalue weighted by Gasteiger charge is 2.15. The van der Waals surface area contributed by atoms with Crippen molar-refractivity contribution in [2.75, 3.05) is 32.7 Å². The van der Waals surface area contributed by atoms with Gasteiger partial charge < -0.3 is 10.2 Å². The number of carbonyl (C=O) groups is 1. The van der Waals surface area contributed by atoms with Gasteiger partial charge in [-0.25, -0.2) is 0 Å². The van der Waals surface area contributed by atoms with Gasteiger partial charge in [0.15, 0.2) is 0 Å². The molecule has 0 aliphatic carbocycles. The molecule has 0 atom stereocenters. The summed E-state index contributed by atoms with van der Waals surface area (Å²) in [6.45, 7) is 15.2. The van der Waals surface area contributed by atoms with Crippen LogP contribution in [0.5, 0.6) is 0 Å². The van der Waals surface area contributed by atoms with Crippen molar-refractivity contribution in [3.8, 4) is 0 Å². The topological polar surface area (TPSA) is 35.6 Å². The van der Waals surface area contributed by atoms with Crippen molar-refractivity contribution in [3.05, 3.63) is 35.4 Å². The molecule has 1 fully saturated rings. The van der Waals surface area contributed by atoms with Crippen molar-refractivity contribution < 1.29 is 4.79 Å². The lowest BCUT2D eigenvalue weighted by molar-refractivity contribution is 0.0950. The van der Waals surface area contributed by atoms with Crippen LogP contribution in [0, 0.1) is 5.92 Å². The number of likely N-dealkylation sites (tertiary alicyclic amines) is 1. The van der Waals surface area contributed by atoms with Gasteiger partial charge in [-0.2, -0.15) is 0 Å². The molecular weight excluding hydrogens is 322 g/mol. The smallest absolute Gasteiger partial charge is 0.251 e. The second kappa shape index (κ2) is 10.7. The van der Waals surface area contributed by atoms with Crippen molar-refractivity contribution in [2.24, 2.45) is 5.92 Å². The molecule has 1 saturated heterocycles. The van der Waals surface area contributed by atoms with E-state index < -0.39 is 0 Å². The first-order valence-electron chi connectivity index (χ1n) is 10.3. The Bertz CT molecular complexity index is 533. The summed E-state index contributed by atoms with van der Waals surface area (Å²) in [5, 5.41) is 3.06. The number of hydrogen-bond acceptors (Lipinski definition) is 3. The zero-order chi connectivity index (χ0) is 18.9. The first kappa shape index (κ1) is 20.9. The lowest BCUT2D eigenvalue weighted by atomic mass is 9.99. The molecule has 26 heavy (non-hydrogen) atoms. The Morgan fingerprint density at radius 3 is 2.46 bits per heavy atom. The molecule has 0 radical (unpaired) electrons. The van der Waals surface area contributed by atoms with Crippen molar-refractivity contribution in [2.45, 2.75) is 59.5 Å². The summed E-state index contributed by atoms with van der Waals surface area (Å²) in [5.41, 5.74) is 2.02. The van der Waals surface area contributed by atoms with Gasteiger partial charge in [0.05, 0.1) is 0 Å². The van der Waals surface area contributed by atoms with Crippen LogP contribution in [0.1, 0.15) is 62.9 Å². The molecule has 2 rings (SSSR count). The van der Waals surface area contributed by atoms with Gasteiger partial charge in [0.1, 0.15) is 0 Å². The van der Waals surface area contributed by atoms with E-state index in [1.165, 1.54) is 31.5 Å². The molecule has 0 unspecified atom stereocenters. The number of rotatable bonds is 9. The number of piperidine rings is 1. The standard InChI is InChI=1S/C22H37N3O/c1-5-25(18(2)3)17-20-7-9-21(10-8-20)22(26)23-13-6-14-24-15-11-19(4)12-16-24/h7-10,18-19H,5-6,11-17H2,1-4H3,(H,23,26). The largest absolute Gasteiger partial charge is 0.352 e. The second-order valence-corrected chi connectivity index (χ2v) is 7.99. The lowest BCUT2D eigenvalue weighted by Gasteiger charge is -2.30. The Hall–Kier alpha value is -1.39. The SMILES string of the molecule is CCN(Cc1ccc(C(=O)NCCCN2CCC(C)CC2)cc1)C(C)C. The number of amides is 1. The lowest BCUT2D eigenvalue weighted by Crippen LogP contribution is -2.35. The fraction of sp³-hybridized carbons (Fsp3) is 0.682. The highest BCUT2D eigenvalue weighted by molar-refractivity contribution is 5.94. The third-order valence-corrected chi connectivity index (χ3v) is 5.55. The maximum Gasteiger partial charge on any atom is 0.251 e. The van der Waals surface area contributed by atoms with Gasteiger partial charge in [-0.3, -0.25) is 9.69 Å². The normalized spacial score (nSPS) is 16.4. The average molecular weight is 360 g/mol. The molecule has 146 valence electrons. The van der Waals surface area contributed by atoms with Crippen LogP contribution in [0.15, 0.2) is 24.3 Å². The van der Waals surface area contributed by atoms with Gasteiger partial charge in [0.25, 0.3) is 5.91 Å². The van der Waals surface area contributed by atoms with Crippen LogP contribution in [0.4, 0.5) is 0 Å². The number of carbonyl (C=O) groups excluding carboxylic acids is 1. The molecule has 1 aliphatic heterocycles. The molecule has 1 aromatic rings. The first-order valence-corrected chi connectivity index (χ1v) is 10.3. The van der Waals surface area contributed by atoms with Crippen molar-refractivity contribution in [1.82, 2.24) is 15.1 Å². The molecule has 0 aromatic heterocycles. The summed E-state index contributed by atoms with van der Waals surface area (Å²) in [4.78, 5) is 17.2. The maximum absolute atomic E-state index is 12.3. The van der Waals surface area contributed by atoms with Gasteiger partial charge in [-0.05, 0) is 82.9 Å². The van der Waals surface area contributed by atoms with Crippen LogP contribution in [-0.4, -0.2) is 54.5 Å². The summed E-state index contributed by atoms with van der Waals surface area (Å²) in [7, 11) is 0. The quantitative estimate of drug-likeness (QED) is 0.682. The Morgan fingerprint density at radius 2 is 1.88 bits per heavy atom. The van der Waals surface area contributed by atoms with Crippen LogP contribution >= 0.6 is 0 Å². The minimum Gasteiger partial charge on any atom is -0.352 e. The molecular formula is C22H37N3O. The first-order chi connectivity index (χ1) is 12.5. The Kier molecular flexibility index (Phi) is 8.60. The zero-order valence-corrected chi connectivity index (χ0v) is 17.1. The average Bonchev–Trinajstić information content (AvgIpc) is 2.64. The molecule has 1 aliphatic rings. The summed E-state index contributed by atoms with van der Waals surface area (Å²) >= 11 is 0. The molecule has 0 spiro atoms. The molecule has 1 aromatic carbocycles. The fourth-order valence-electron chi connectivity index (χ4n) is 3.55. The number of nitrogens with zero attached hydrogens (tertiary/aromatic N) is 2. The third-order valence-electron chi connectivity index (χ3n) is 5.55. The van der Waals surface area contributed by atoms with Crippen LogP contribution < -0.4 is 5.32 Å². The molecule has 4 heteroatoms. The molecule has 1 N–H and O–H groups in total. The predicted molar refractivity (Wildman–Crippen MR) is 109 cm³/mol. The van der Waals surface area contributed by atoms with E-state index in [0.29, 0.717) is 6.04 Å². The zero-order valence-electron chi connectivity index (χ0n) is 17.1. The maximum atomic E-state index is 12.3. The second-order valence-electron chi connectivity index (χ2n) is 7.99. The number of nitrogens with one attached hydrogen (secondary N) is 1. The van der Waals surface area contributed by atoms with Crippen molar-refractivity contribution in [1.29, 1.82) is 0 Å². The van der Waals surface area contributed by atoms with E-state index in [9.17, 15) is 4.79 Å². The van der Waals surface area contributed by atoms with Crippen LogP contribution in [-0.2, 0) is 6.54 Å². The minimum atomic E-state index is 0.0417. The van der Waals surface area contributed by atoms with Gasteiger partial charge in [-0.1, -0.05) is 26.0 Å². The summed E-state index contributed by atoms with van der Waals surface area (Å²) in [6.07, 6.45) is 3.65. The van der Waals surface area contributed by atoms with Crippen LogP contribution in [0.25, 0.3) is 0 Å².